The van der Waals surface area contributed by atoms with Crippen molar-refractivity contribution in [1.82, 2.24) is 10.2 Å². The Morgan fingerprint density at radius 2 is 2.08 bits per heavy atom. The molecule has 1 aromatic carbocycles. The van der Waals surface area contributed by atoms with E-state index in [-0.39, 0.29) is 11.3 Å². The van der Waals surface area contributed by atoms with E-state index in [9.17, 15) is 18.0 Å². The molecule has 0 aliphatic carbocycles. The standard InChI is InChI=1S/C16H21F3N2O3/c1-16(2,3)24-15(22)21-7-6-20-9-13(21)11-5-4-10(8-12(11)17)23-14(18)19/h4-5,8,13-14,20H,6-7,9H2,1-3H3. The molecular formula is C16H21F3N2O3. The SMILES string of the molecule is CC(C)(C)OC(=O)N1CCNCC1c1ccc(OC(F)F)cc1F. The van der Waals surface area contributed by atoms with E-state index in [1.165, 1.54) is 17.0 Å². The first-order valence-electron chi connectivity index (χ1n) is 7.62. The molecule has 134 valence electrons. The largest absolute Gasteiger partial charge is 0.444 e. The molecule has 0 bridgehead atoms. The number of nitrogens with one attached hydrogen (secondary N) is 1. The molecule has 1 atom stereocenters. The first kappa shape index (κ1) is 18.4. The van der Waals surface area contributed by atoms with E-state index in [0.29, 0.717) is 19.6 Å². The highest BCUT2D eigenvalue weighted by Crippen LogP contribution is 2.29. The van der Waals surface area contributed by atoms with Crippen LogP contribution in [0, 0.1) is 5.82 Å². The fourth-order valence-corrected chi connectivity index (χ4v) is 2.48. The number of halogens is 3. The molecule has 1 aliphatic heterocycles. The number of amides is 1. The Morgan fingerprint density at radius 3 is 2.67 bits per heavy atom. The lowest BCUT2D eigenvalue weighted by Gasteiger charge is -2.37. The summed E-state index contributed by atoms with van der Waals surface area (Å²) in [4.78, 5) is 13.8. The molecule has 0 radical (unpaired) electrons. The summed E-state index contributed by atoms with van der Waals surface area (Å²) in [6.45, 7) is 3.48. The van der Waals surface area contributed by atoms with Crippen LogP contribution in [0.3, 0.4) is 0 Å². The van der Waals surface area contributed by atoms with Gasteiger partial charge in [0.2, 0.25) is 0 Å². The van der Waals surface area contributed by atoms with Gasteiger partial charge in [-0.05, 0) is 26.8 Å². The quantitative estimate of drug-likeness (QED) is 0.912. The van der Waals surface area contributed by atoms with Crippen molar-refractivity contribution in [3.8, 4) is 5.75 Å². The average molecular weight is 346 g/mol. The number of hydrogen-bond acceptors (Lipinski definition) is 4. The molecule has 0 aromatic heterocycles. The van der Waals surface area contributed by atoms with Crippen LogP contribution in [0.1, 0.15) is 32.4 Å². The van der Waals surface area contributed by atoms with Crippen molar-refractivity contribution in [2.45, 2.75) is 39.0 Å². The van der Waals surface area contributed by atoms with Crippen LogP contribution in [0.15, 0.2) is 18.2 Å². The maximum absolute atomic E-state index is 14.3. The van der Waals surface area contributed by atoms with Crippen molar-refractivity contribution in [2.75, 3.05) is 19.6 Å². The molecule has 1 N–H and O–H groups in total. The summed E-state index contributed by atoms with van der Waals surface area (Å²) in [5.74, 6) is -0.978. The lowest BCUT2D eigenvalue weighted by molar-refractivity contribution is -0.0500. The number of carbonyl (C=O) groups is 1. The second kappa shape index (κ2) is 7.29. The Hall–Kier alpha value is -1.96. The third kappa shape index (κ3) is 4.77. The summed E-state index contributed by atoms with van der Waals surface area (Å²) in [5, 5.41) is 3.09. The van der Waals surface area contributed by atoms with Gasteiger partial charge in [0.15, 0.2) is 0 Å². The smallest absolute Gasteiger partial charge is 0.410 e. The lowest BCUT2D eigenvalue weighted by Crippen LogP contribution is -2.50. The van der Waals surface area contributed by atoms with E-state index in [1.54, 1.807) is 20.8 Å². The Kier molecular flexibility index (Phi) is 5.58. The van der Waals surface area contributed by atoms with Gasteiger partial charge in [-0.3, -0.25) is 4.90 Å². The van der Waals surface area contributed by atoms with Gasteiger partial charge in [0, 0.05) is 31.3 Å². The highest BCUT2D eigenvalue weighted by molar-refractivity contribution is 5.69. The van der Waals surface area contributed by atoms with Crippen molar-refractivity contribution >= 4 is 6.09 Å². The second-order valence-corrected chi connectivity index (χ2v) is 6.46. The fourth-order valence-electron chi connectivity index (χ4n) is 2.48. The third-order valence-corrected chi connectivity index (χ3v) is 3.43. The number of ether oxygens (including phenoxy) is 2. The van der Waals surface area contributed by atoms with Gasteiger partial charge < -0.3 is 14.8 Å². The van der Waals surface area contributed by atoms with Crippen LogP contribution in [0.4, 0.5) is 18.0 Å². The van der Waals surface area contributed by atoms with Gasteiger partial charge in [0.05, 0.1) is 6.04 Å². The molecule has 0 spiro atoms. The van der Waals surface area contributed by atoms with E-state index in [1.807, 2.05) is 0 Å². The van der Waals surface area contributed by atoms with Crippen molar-refractivity contribution in [2.24, 2.45) is 0 Å². The van der Waals surface area contributed by atoms with Crippen LogP contribution >= 0.6 is 0 Å². The number of piperazine rings is 1. The summed E-state index contributed by atoms with van der Waals surface area (Å²) < 4.78 is 48.3. The Balaban J connectivity index is 2.22. The van der Waals surface area contributed by atoms with E-state index in [4.69, 9.17) is 4.74 Å². The van der Waals surface area contributed by atoms with Gasteiger partial charge >= 0.3 is 12.7 Å². The summed E-state index contributed by atoms with van der Waals surface area (Å²) in [6.07, 6.45) is -0.540. The molecule has 8 heteroatoms. The molecule has 0 saturated carbocycles. The third-order valence-electron chi connectivity index (χ3n) is 3.43. The van der Waals surface area contributed by atoms with Gasteiger partial charge in [-0.15, -0.1) is 0 Å². The van der Waals surface area contributed by atoms with Gasteiger partial charge in [-0.1, -0.05) is 6.07 Å². The molecule has 1 fully saturated rings. The van der Waals surface area contributed by atoms with Crippen molar-refractivity contribution in [3.05, 3.63) is 29.6 Å². The molecule has 1 heterocycles. The van der Waals surface area contributed by atoms with Crippen LogP contribution in [-0.4, -0.2) is 42.8 Å². The summed E-state index contributed by atoms with van der Waals surface area (Å²) in [7, 11) is 0. The summed E-state index contributed by atoms with van der Waals surface area (Å²) >= 11 is 0. The van der Waals surface area contributed by atoms with Crippen molar-refractivity contribution < 1.29 is 27.4 Å². The zero-order valence-electron chi connectivity index (χ0n) is 13.8. The number of carbonyl (C=O) groups excluding carboxylic acids is 1. The summed E-state index contributed by atoms with van der Waals surface area (Å²) in [5.41, 5.74) is -0.449. The van der Waals surface area contributed by atoms with Crippen LogP contribution < -0.4 is 10.1 Å². The molecule has 1 unspecified atom stereocenters. The van der Waals surface area contributed by atoms with E-state index in [2.05, 4.69) is 10.1 Å². The molecular weight excluding hydrogens is 325 g/mol. The predicted octanol–water partition coefficient (Wildman–Crippen LogP) is 3.31. The molecule has 2 rings (SSSR count). The number of hydrogen-bond donors (Lipinski definition) is 1. The van der Waals surface area contributed by atoms with Gasteiger partial charge in [-0.2, -0.15) is 8.78 Å². The normalized spacial score (nSPS) is 18.6. The minimum absolute atomic E-state index is 0.217. The fraction of sp³-hybridized carbons (Fsp3) is 0.562. The molecule has 24 heavy (non-hydrogen) atoms. The second-order valence-electron chi connectivity index (χ2n) is 6.46. The Bertz CT molecular complexity index is 590. The van der Waals surface area contributed by atoms with Gasteiger partial charge in [-0.25, -0.2) is 9.18 Å². The average Bonchev–Trinajstić information content (AvgIpc) is 2.45. The first-order valence-corrected chi connectivity index (χ1v) is 7.62. The Labute approximate surface area is 138 Å². The van der Waals surface area contributed by atoms with E-state index < -0.39 is 30.2 Å². The topological polar surface area (TPSA) is 50.8 Å². The number of alkyl halides is 2. The molecule has 1 aliphatic rings. The molecule has 5 nitrogen and oxygen atoms in total. The zero-order chi connectivity index (χ0) is 17.9. The number of benzene rings is 1. The zero-order valence-corrected chi connectivity index (χ0v) is 13.8. The maximum atomic E-state index is 14.3. The minimum Gasteiger partial charge on any atom is -0.444 e. The molecule has 1 amide bonds. The lowest BCUT2D eigenvalue weighted by atomic mass is 10.0. The van der Waals surface area contributed by atoms with Crippen molar-refractivity contribution in [3.63, 3.8) is 0 Å². The first-order chi connectivity index (χ1) is 11.2. The van der Waals surface area contributed by atoms with E-state index in [0.717, 1.165) is 6.07 Å². The van der Waals surface area contributed by atoms with Gasteiger partial charge in [0.1, 0.15) is 17.2 Å². The summed E-state index contributed by atoms with van der Waals surface area (Å²) in [6, 6.07) is 2.91. The maximum Gasteiger partial charge on any atom is 0.410 e. The molecule has 1 saturated heterocycles. The van der Waals surface area contributed by atoms with Crippen molar-refractivity contribution in [1.29, 1.82) is 0 Å². The van der Waals surface area contributed by atoms with E-state index >= 15 is 0 Å². The van der Waals surface area contributed by atoms with Crippen LogP contribution in [-0.2, 0) is 4.74 Å². The monoisotopic (exact) mass is 346 g/mol. The van der Waals surface area contributed by atoms with Crippen LogP contribution in [0.5, 0.6) is 5.75 Å². The minimum atomic E-state index is -3.02. The number of rotatable bonds is 3. The molecule has 1 aromatic rings. The number of nitrogens with zero attached hydrogens (tertiary/aromatic N) is 1. The van der Waals surface area contributed by atoms with Gasteiger partial charge in [0.25, 0.3) is 0 Å². The highest BCUT2D eigenvalue weighted by Gasteiger charge is 2.33. The Morgan fingerprint density at radius 1 is 1.38 bits per heavy atom. The van der Waals surface area contributed by atoms with Crippen LogP contribution in [0.25, 0.3) is 0 Å². The highest BCUT2D eigenvalue weighted by atomic mass is 19.3. The predicted molar refractivity (Wildman–Crippen MR) is 81.6 cm³/mol. The van der Waals surface area contributed by atoms with Crippen LogP contribution in [0.2, 0.25) is 0 Å².